The minimum atomic E-state index is -0.239. The van der Waals surface area contributed by atoms with Crippen LogP contribution in [0.2, 0.25) is 10.0 Å². The van der Waals surface area contributed by atoms with Crippen molar-refractivity contribution in [2.45, 2.75) is 13.0 Å². The van der Waals surface area contributed by atoms with Gasteiger partial charge in [0.1, 0.15) is 0 Å². The summed E-state index contributed by atoms with van der Waals surface area (Å²) in [6.07, 6.45) is 9.13. The maximum atomic E-state index is 13.2. The number of carbonyl (C=O) groups is 2. The van der Waals surface area contributed by atoms with E-state index in [0.29, 0.717) is 28.4 Å². The van der Waals surface area contributed by atoms with Crippen LogP contribution in [0.4, 0.5) is 0 Å². The molecule has 1 saturated heterocycles. The molecule has 170 valence electrons. The lowest BCUT2D eigenvalue weighted by atomic mass is 9.63. The predicted octanol–water partition coefficient (Wildman–Crippen LogP) is 5.38. The van der Waals surface area contributed by atoms with Gasteiger partial charge in [0, 0.05) is 39.3 Å². The highest BCUT2D eigenvalue weighted by atomic mass is 35.5. The molecule has 0 radical (unpaired) electrons. The van der Waals surface area contributed by atoms with Crippen molar-refractivity contribution in [3.63, 3.8) is 0 Å². The van der Waals surface area contributed by atoms with Gasteiger partial charge in [-0.3, -0.25) is 9.59 Å². The van der Waals surface area contributed by atoms with Crippen LogP contribution in [0.15, 0.2) is 65.9 Å². The second-order valence-corrected chi connectivity index (χ2v) is 10.7. The normalized spacial score (nSPS) is 31.1. The maximum absolute atomic E-state index is 13.2. The molecule has 34 heavy (non-hydrogen) atoms. The Balaban J connectivity index is 1.21. The van der Waals surface area contributed by atoms with Crippen molar-refractivity contribution < 1.29 is 9.59 Å². The zero-order valence-electron chi connectivity index (χ0n) is 18.1. The average molecular weight is 490 g/mol. The summed E-state index contributed by atoms with van der Waals surface area (Å²) in [6, 6.07) is 13.5. The molecular formula is C27H21Cl2N3O2. The summed E-state index contributed by atoms with van der Waals surface area (Å²) in [6.45, 7) is 0.563. The third-order valence-electron chi connectivity index (χ3n) is 8.13. The number of carbonyl (C=O) groups excluding carboxylic acids is 2. The molecule has 3 aromatic rings. The summed E-state index contributed by atoms with van der Waals surface area (Å²) >= 11 is 12.5. The molecule has 8 rings (SSSR count). The van der Waals surface area contributed by atoms with Crippen LogP contribution in [-0.2, 0) is 16.1 Å². The first kappa shape index (κ1) is 20.5. The maximum Gasteiger partial charge on any atom is 0.254 e. The lowest BCUT2D eigenvalue weighted by molar-refractivity contribution is -0.140. The van der Waals surface area contributed by atoms with Gasteiger partial charge in [0.05, 0.1) is 18.1 Å². The van der Waals surface area contributed by atoms with Gasteiger partial charge in [0.25, 0.3) is 11.8 Å². The smallest absolute Gasteiger partial charge is 0.254 e. The number of benzene rings is 2. The summed E-state index contributed by atoms with van der Waals surface area (Å²) in [5.74, 6) is 0.781. The minimum absolute atomic E-state index is 0.146. The number of allylic oxidation sites excluding steroid dienone is 2. The number of halogens is 2. The fourth-order valence-corrected chi connectivity index (χ4v) is 6.99. The quantitative estimate of drug-likeness (QED) is 0.280. The van der Waals surface area contributed by atoms with Crippen LogP contribution < -0.4 is 0 Å². The highest BCUT2D eigenvalue weighted by Crippen LogP contribution is 2.65. The molecule has 6 atom stereocenters. The number of rotatable bonds is 4. The van der Waals surface area contributed by atoms with E-state index in [4.69, 9.17) is 23.2 Å². The van der Waals surface area contributed by atoms with Gasteiger partial charge in [0.15, 0.2) is 0 Å². The minimum Gasteiger partial charge on any atom is -0.342 e. The van der Waals surface area contributed by atoms with E-state index in [1.165, 1.54) is 0 Å². The number of aromatic nitrogens is 1. The SMILES string of the molecule is O=C1[C@@H]2[C@H]3C=C[C@@H]([C@@H]4C[C@@H]34)[C@@H]2C(=O)N1/N=C\c1cn(Cc2ccc(Cl)cc2Cl)c2ccccc12. The summed E-state index contributed by atoms with van der Waals surface area (Å²) in [5, 5.41) is 7.78. The molecule has 1 aliphatic heterocycles. The Morgan fingerprint density at radius 2 is 1.68 bits per heavy atom. The van der Waals surface area contributed by atoms with Crippen molar-refractivity contribution in [3.8, 4) is 0 Å². The predicted molar refractivity (Wildman–Crippen MR) is 132 cm³/mol. The monoisotopic (exact) mass is 489 g/mol. The van der Waals surface area contributed by atoms with Crippen LogP contribution in [0.1, 0.15) is 17.5 Å². The fraction of sp³-hybridized carbons (Fsp3) is 0.296. The van der Waals surface area contributed by atoms with Gasteiger partial charge >= 0.3 is 0 Å². The van der Waals surface area contributed by atoms with E-state index in [0.717, 1.165) is 33.5 Å². The zero-order chi connectivity index (χ0) is 23.1. The lowest BCUT2D eigenvalue weighted by Gasteiger charge is -2.37. The van der Waals surface area contributed by atoms with E-state index < -0.39 is 0 Å². The van der Waals surface area contributed by atoms with Crippen molar-refractivity contribution >= 4 is 52.1 Å². The van der Waals surface area contributed by atoms with Crippen molar-refractivity contribution in [1.82, 2.24) is 9.58 Å². The molecule has 7 heteroatoms. The van der Waals surface area contributed by atoms with Crippen molar-refractivity contribution in [1.29, 1.82) is 0 Å². The Kier molecular flexibility index (Phi) is 4.40. The van der Waals surface area contributed by atoms with Gasteiger partial charge in [-0.05, 0) is 53.9 Å². The molecule has 3 fully saturated rings. The number of hydrogen-bond donors (Lipinski definition) is 0. The standard InChI is InChI=1S/C27H21Cl2N3O2/c28-16-6-5-14(22(29)9-16)12-31-13-15(17-3-1-2-4-23(17)31)11-30-32-26(33)24-18-7-8-19(21-10-20(18)21)25(24)27(32)34/h1-9,11,13,18-21,24-25H,10,12H2/b30-11-/t18-,19-,20-,21-,24-,25+/m0/s1. The van der Waals surface area contributed by atoms with E-state index in [-0.39, 0.29) is 35.5 Å². The number of para-hydroxylation sites is 1. The van der Waals surface area contributed by atoms with Crippen molar-refractivity contribution in [3.05, 3.63) is 82.0 Å². The highest BCUT2D eigenvalue weighted by molar-refractivity contribution is 6.35. The lowest BCUT2D eigenvalue weighted by Crippen LogP contribution is -2.40. The van der Waals surface area contributed by atoms with Crippen molar-refractivity contribution in [2.75, 3.05) is 0 Å². The van der Waals surface area contributed by atoms with E-state index in [9.17, 15) is 9.59 Å². The number of amides is 2. The Bertz CT molecular complexity index is 1400. The molecule has 2 bridgehead atoms. The van der Waals surface area contributed by atoms with Crippen molar-refractivity contribution in [2.24, 2.45) is 40.6 Å². The van der Waals surface area contributed by atoms with Gasteiger partial charge in [-0.25, -0.2) is 0 Å². The van der Waals surface area contributed by atoms with E-state index >= 15 is 0 Å². The molecule has 1 aromatic heterocycles. The van der Waals surface area contributed by atoms with E-state index in [1.807, 2.05) is 42.6 Å². The highest BCUT2D eigenvalue weighted by Gasteiger charge is 2.67. The Hall–Kier alpha value is -2.89. The number of hydrazone groups is 1. The molecule has 0 unspecified atom stereocenters. The number of imide groups is 1. The van der Waals surface area contributed by atoms with Crippen LogP contribution in [0.3, 0.4) is 0 Å². The Morgan fingerprint density at radius 1 is 0.971 bits per heavy atom. The molecule has 5 nitrogen and oxygen atoms in total. The van der Waals surface area contributed by atoms with E-state index in [1.54, 1.807) is 12.3 Å². The second-order valence-electron chi connectivity index (χ2n) is 9.85. The molecule has 2 amide bonds. The summed E-state index contributed by atoms with van der Waals surface area (Å²) in [7, 11) is 0. The molecule has 4 aliphatic carbocycles. The topological polar surface area (TPSA) is 54.7 Å². The van der Waals surface area contributed by atoms with Crippen LogP contribution in [0.5, 0.6) is 0 Å². The molecule has 0 spiro atoms. The molecule has 2 heterocycles. The molecular weight excluding hydrogens is 469 g/mol. The van der Waals surface area contributed by atoms with Gasteiger partial charge in [-0.15, -0.1) is 0 Å². The first-order valence-corrected chi connectivity index (χ1v) is 12.4. The summed E-state index contributed by atoms with van der Waals surface area (Å²) in [4.78, 5) is 26.5. The average Bonchev–Trinajstić information content (AvgIpc) is 3.54. The summed E-state index contributed by atoms with van der Waals surface area (Å²) < 4.78 is 2.09. The number of hydrogen-bond acceptors (Lipinski definition) is 3. The fourth-order valence-electron chi connectivity index (χ4n) is 6.52. The van der Waals surface area contributed by atoms with Gasteiger partial charge < -0.3 is 4.57 Å². The summed E-state index contributed by atoms with van der Waals surface area (Å²) in [5.41, 5.74) is 2.82. The van der Waals surface area contributed by atoms with Crippen LogP contribution in [0, 0.1) is 35.5 Å². The first-order valence-electron chi connectivity index (χ1n) is 11.6. The van der Waals surface area contributed by atoms with Crippen LogP contribution in [-0.4, -0.2) is 27.6 Å². The number of nitrogens with zero attached hydrogens (tertiary/aromatic N) is 3. The molecule has 2 aromatic carbocycles. The zero-order valence-corrected chi connectivity index (χ0v) is 19.7. The number of fused-ring (bicyclic) bond motifs is 1. The molecule has 5 aliphatic rings. The van der Waals surface area contributed by atoms with Crippen LogP contribution in [0.25, 0.3) is 10.9 Å². The molecule has 0 N–H and O–H groups in total. The van der Waals surface area contributed by atoms with Crippen LogP contribution >= 0.6 is 23.2 Å². The first-order chi connectivity index (χ1) is 16.5. The van der Waals surface area contributed by atoms with Gasteiger partial charge in [0.2, 0.25) is 0 Å². The Morgan fingerprint density at radius 3 is 2.38 bits per heavy atom. The Labute approximate surface area is 206 Å². The van der Waals surface area contributed by atoms with E-state index in [2.05, 4.69) is 21.8 Å². The third-order valence-corrected chi connectivity index (χ3v) is 8.71. The van der Waals surface area contributed by atoms with Gasteiger partial charge in [-0.2, -0.15) is 10.1 Å². The largest absolute Gasteiger partial charge is 0.342 e. The second kappa shape index (κ2) is 7.30. The van der Waals surface area contributed by atoms with Gasteiger partial charge in [-0.1, -0.05) is 59.6 Å². The molecule has 2 saturated carbocycles. The third kappa shape index (κ3) is 2.90.